The summed E-state index contributed by atoms with van der Waals surface area (Å²) < 4.78 is 16.2. The Balaban J connectivity index is 0.000000164. The Morgan fingerprint density at radius 3 is 1.45 bits per heavy atom. The highest BCUT2D eigenvalue weighted by Gasteiger charge is 2.69. The summed E-state index contributed by atoms with van der Waals surface area (Å²) >= 11 is 0. The van der Waals surface area contributed by atoms with Crippen LogP contribution in [0.1, 0.15) is 194 Å². The van der Waals surface area contributed by atoms with Gasteiger partial charge in [-0.2, -0.15) is 0 Å². The highest BCUT2D eigenvalue weighted by molar-refractivity contribution is 5.71. The molecule has 8 aliphatic rings. The first-order chi connectivity index (χ1) is 31.5. The number of carbonyl (C=O) groups is 2. The van der Waals surface area contributed by atoms with Crippen molar-refractivity contribution in [3.05, 3.63) is 68.8 Å². The van der Waals surface area contributed by atoms with Gasteiger partial charge >= 0.3 is 23.2 Å². The van der Waals surface area contributed by atoms with Crippen molar-refractivity contribution in [3.8, 4) is 0 Å². The minimum absolute atomic E-state index is 0.0510. The minimum Gasteiger partial charge on any atom is -0.481 e. The van der Waals surface area contributed by atoms with Crippen LogP contribution in [0.5, 0.6) is 0 Å². The van der Waals surface area contributed by atoms with Crippen LogP contribution >= 0.6 is 0 Å². The number of esters is 1. The van der Waals surface area contributed by atoms with Crippen LogP contribution in [0.4, 0.5) is 0 Å². The molecule has 2 aromatic rings. The predicted octanol–water partition coefficient (Wildman–Crippen LogP) is 10.4. The summed E-state index contributed by atoms with van der Waals surface area (Å²) in [7, 11) is 0. The molecule has 16 atom stereocenters. The first-order valence-electron chi connectivity index (χ1n) is 26.2. The summed E-state index contributed by atoms with van der Waals surface area (Å²) in [5.74, 6) is 2.26. The first kappa shape index (κ1) is 50.1. The van der Waals surface area contributed by atoms with Crippen LogP contribution in [0.25, 0.3) is 0 Å². The van der Waals surface area contributed by atoms with E-state index in [1.165, 1.54) is 18.6 Å². The summed E-state index contributed by atoms with van der Waals surface area (Å²) in [6, 6.07) is 6.83. The minimum atomic E-state index is -0.741. The van der Waals surface area contributed by atoms with E-state index in [1.807, 2.05) is 26.0 Å². The van der Waals surface area contributed by atoms with E-state index in [0.29, 0.717) is 35.5 Å². The second-order valence-corrected chi connectivity index (χ2v) is 24.6. The summed E-state index contributed by atoms with van der Waals surface area (Å²) in [5.41, 5.74) is 0.295. The van der Waals surface area contributed by atoms with E-state index in [9.17, 15) is 34.5 Å². The van der Waals surface area contributed by atoms with E-state index >= 15 is 0 Å². The molecule has 8 fully saturated rings. The van der Waals surface area contributed by atoms with E-state index in [1.54, 1.807) is 26.4 Å². The molecule has 8 saturated carbocycles. The van der Waals surface area contributed by atoms with E-state index in [2.05, 4.69) is 27.7 Å². The summed E-state index contributed by atoms with van der Waals surface area (Å²) in [4.78, 5) is 44.8. The number of hydrogen-bond acceptors (Lipinski definition) is 10. The second kappa shape index (κ2) is 18.5. The van der Waals surface area contributed by atoms with E-state index in [-0.39, 0.29) is 74.8 Å². The van der Waals surface area contributed by atoms with Crippen LogP contribution in [0, 0.1) is 69.0 Å². The number of aliphatic carboxylic acids is 1. The maximum atomic E-state index is 12.3. The number of aliphatic hydroxyl groups is 3. The van der Waals surface area contributed by atoms with Crippen molar-refractivity contribution in [1.82, 2.24) is 0 Å². The third-order valence-corrected chi connectivity index (χ3v) is 21.1. The van der Waals surface area contributed by atoms with Crippen molar-refractivity contribution >= 4 is 11.9 Å². The van der Waals surface area contributed by atoms with Crippen LogP contribution in [0.15, 0.2) is 55.2 Å². The molecule has 10 rings (SSSR count). The van der Waals surface area contributed by atoms with Crippen molar-refractivity contribution < 1.29 is 43.6 Å². The molecule has 11 nitrogen and oxygen atoms in total. The number of carbonyl (C=O) groups excluding carboxylic acids is 1. The van der Waals surface area contributed by atoms with Gasteiger partial charge in [0.1, 0.15) is 6.10 Å². The molecular formula is C56H82O11. The van der Waals surface area contributed by atoms with Gasteiger partial charge in [-0.05, 0) is 197 Å². The monoisotopic (exact) mass is 931 g/mol. The lowest BCUT2D eigenvalue weighted by Gasteiger charge is -2.63. The zero-order valence-electron chi connectivity index (χ0n) is 41.8. The predicted molar refractivity (Wildman–Crippen MR) is 255 cm³/mol. The van der Waals surface area contributed by atoms with Gasteiger partial charge in [-0.25, -0.2) is 9.59 Å². The Labute approximate surface area is 398 Å². The molecule has 0 aliphatic heterocycles. The number of ether oxygens (including phenoxy) is 1. The topological polar surface area (TPSA) is 185 Å². The fourth-order valence-corrected chi connectivity index (χ4v) is 17.0. The SMILES string of the molecule is CC(C)C(=O)O.CC(C)C(=O)O[C@H]1CC[C@@]2(C)[C@H](CC[C@@H]3[C@@H]2CC[C@]2(C)[C@@H](c4ccc(=O)oc4)CC[C@]32O)C1.C[C@]12CC[C@H](O)C[C@H]1CC[C@@H]1[C@@H]2CC[C@]2(C)[C@@H](c3ccc(=O)oc3)CC[C@]12O. The van der Waals surface area contributed by atoms with Gasteiger partial charge in [0.15, 0.2) is 0 Å². The highest BCUT2D eigenvalue weighted by atomic mass is 16.5. The Bertz CT molecular complexity index is 2190. The fourth-order valence-electron chi connectivity index (χ4n) is 17.0. The molecule has 0 saturated heterocycles. The molecule has 0 amide bonds. The van der Waals surface area contributed by atoms with E-state index in [0.717, 1.165) is 120 Å². The van der Waals surface area contributed by atoms with Crippen molar-refractivity contribution in [1.29, 1.82) is 0 Å². The average molecular weight is 931 g/mol. The lowest BCUT2D eigenvalue weighted by molar-refractivity contribution is -0.207. The van der Waals surface area contributed by atoms with Crippen LogP contribution in [0.2, 0.25) is 0 Å². The molecule has 8 aliphatic carbocycles. The van der Waals surface area contributed by atoms with Gasteiger partial charge in [0.05, 0.1) is 41.7 Å². The van der Waals surface area contributed by atoms with Gasteiger partial charge in [0.2, 0.25) is 0 Å². The summed E-state index contributed by atoms with van der Waals surface area (Å²) in [6.45, 7) is 16.6. The quantitative estimate of drug-likeness (QED) is 0.209. The van der Waals surface area contributed by atoms with Gasteiger partial charge < -0.3 is 34.0 Å². The number of rotatable bonds is 5. The lowest BCUT2D eigenvalue weighted by Crippen LogP contribution is -2.62. The van der Waals surface area contributed by atoms with E-state index in [4.69, 9.17) is 18.7 Å². The molecule has 0 unspecified atom stereocenters. The lowest BCUT2D eigenvalue weighted by atomic mass is 9.43. The molecule has 0 aromatic carbocycles. The molecule has 11 heteroatoms. The van der Waals surface area contributed by atoms with Crippen LogP contribution in [0.3, 0.4) is 0 Å². The van der Waals surface area contributed by atoms with Gasteiger partial charge in [-0.1, -0.05) is 55.4 Å². The van der Waals surface area contributed by atoms with E-state index < -0.39 is 17.2 Å². The highest BCUT2D eigenvalue weighted by Crippen LogP contribution is 2.72. The Morgan fingerprint density at radius 1 is 0.582 bits per heavy atom. The molecule has 0 radical (unpaired) electrons. The average Bonchev–Trinajstić information content (AvgIpc) is 3.73. The third kappa shape index (κ3) is 8.52. The maximum Gasteiger partial charge on any atom is 0.335 e. The molecule has 372 valence electrons. The first-order valence-corrected chi connectivity index (χ1v) is 26.2. The molecular weight excluding hydrogens is 849 g/mol. The molecule has 2 aromatic heterocycles. The number of fused-ring (bicyclic) bond motifs is 10. The van der Waals surface area contributed by atoms with Gasteiger partial charge in [-0.15, -0.1) is 0 Å². The number of aliphatic hydroxyl groups excluding tert-OH is 1. The van der Waals surface area contributed by atoms with Gasteiger partial charge in [0, 0.05) is 23.0 Å². The molecule has 0 bridgehead atoms. The smallest absolute Gasteiger partial charge is 0.335 e. The number of carboxylic acids is 1. The number of carboxylic acid groups (broad SMARTS) is 1. The third-order valence-electron chi connectivity index (χ3n) is 21.1. The summed E-state index contributed by atoms with van der Waals surface area (Å²) in [6.07, 6.45) is 21.4. The van der Waals surface area contributed by atoms with Crippen molar-refractivity contribution in [2.75, 3.05) is 0 Å². The largest absolute Gasteiger partial charge is 0.481 e. The van der Waals surface area contributed by atoms with Crippen molar-refractivity contribution in [2.24, 2.45) is 69.0 Å². The fraction of sp³-hybridized carbons (Fsp3) is 0.786. The van der Waals surface area contributed by atoms with Gasteiger partial charge in [-0.3, -0.25) is 9.59 Å². The molecule has 4 N–H and O–H groups in total. The second-order valence-electron chi connectivity index (χ2n) is 24.6. The van der Waals surface area contributed by atoms with Crippen molar-refractivity contribution in [2.45, 2.75) is 206 Å². The maximum absolute atomic E-state index is 12.3. The molecule has 2 heterocycles. The zero-order valence-corrected chi connectivity index (χ0v) is 41.8. The normalized spacial score (nSPS) is 43.9. The van der Waals surface area contributed by atoms with Crippen LogP contribution in [-0.2, 0) is 14.3 Å². The van der Waals surface area contributed by atoms with Crippen molar-refractivity contribution in [3.63, 3.8) is 0 Å². The zero-order chi connectivity index (χ0) is 48.5. The standard InChI is InChI=1S/C28H40O5.C24H34O4.C4H8O2/c1-17(2)25(30)33-20-9-12-26(3)19(15-20)6-7-23-22(26)10-13-27(4)21(11-14-28(23,27)31)18-5-8-24(29)32-16-18;1-22-10-7-17(25)13-16(22)4-5-20-19(22)8-11-23(2)18(9-12-24(20,23)27)15-3-6-21(26)28-14-15;1-3(2)4(5)6/h5,8,16-17,19-23,31H,6-7,9-15H2,1-4H3;3,6,14,16-20,25,27H,4-5,7-13H2,1-2H3;3H,1-2H3,(H,5,6)/t19-,20+,21-,22+,23-,26+,27-,28+;16-,17+,18-,19+,20-,22+,23-,24+;/m11./s1. The Morgan fingerprint density at radius 2 is 1.03 bits per heavy atom. The number of hydrogen-bond donors (Lipinski definition) is 4. The molecule has 67 heavy (non-hydrogen) atoms. The Hall–Kier alpha value is -3.28. The molecule has 0 spiro atoms. The van der Waals surface area contributed by atoms with Gasteiger partial charge in [0.25, 0.3) is 0 Å². The van der Waals surface area contributed by atoms with Crippen LogP contribution in [-0.4, -0.2) is 55.8 Å². The van der Waals surface area contributed by atoms with Crippen LogP contribution < -0.4 is 11.3 Å². The Kier molecular flexibility index (Phi) is 13.8. The summed E-state index contributed by atoms with van der Waals surface area (Å²) in [5, 5.41) is 42.7.